The largest absolute Gasteiger partial charge is 0.453 e. The fraction of sp³-hybridized carbons (Fsp3) is 0.150. The van der Waals surface area contributed by atoms with Crippen LogP contribution in [0.5, 0.6) is 0 Å². The summed E-state index contributed by atoms with van der Waals surface area (Å²) in [6.07, 6.45) is 0. The van der Waals surface area contributed by atoms with E-state index in [9.17, 15) is 4.79 Å². The number of nitrogens with zero attached hydrogens (tertiary/aromatic N) is 3. The number of rotatable bonds is 6. The molecule has 0 spiro atoms. The molecule has 0 fully saturated rings. The van der Waals surface area contributed by atoms with Gasteiger partial charge in [0.15, 0.2) is 10.9 Å². The quantitative estimate of drug-likeness (QED) is 0.381. The Hall–Kier alpha value is -2.48. The van der Waals surface area contributed by atoms with Gasteiger partial charge in [0.25, 0.3) is 0 Å². The molecule has 9 heteroatoms. The number of fused-ring (bicyclic) bond motifs is 1. The summed E-state index contributed by atoms with van der Waals surface area (Å²) in [7, 11) is 0. The Morgan fingerprint density at radius 2 is 1.90 bits per heavy atom. The molecule has 2 heterocycles. The van der Waals surface area contributed by atoms with Crippen molar-refractivity contribution in [2.24, 2.45) is 0 Å². The molecule has 4 aromatic rings. The highest BCUT2D eigenvalue weighted by atomic mass is 35.5. The van der Waals surface area contributed by atoms with Gasteiger partial charge in [-0.3, -0.25) is 9.36 Å². The zero-order chi connectivity index (χ0) is 20.4. The van der Waals surface area contributed by atoms with Gasteiger partial charge in [-0.1, -0.05) is 53.2 Å². The monoisotopic (exact) mass is 446 g/mol. The molecule has 0 saturated heterocycles. The fourth-order valence-corrected chi connectivity index (χ4v) is 4.24. The van der Waals surface area contributed by atoms with Crippen LogP contribution < -0.4 is 5.32 Å². The molecule has 0 atom stereocenters. The van der Waals surface area contributed by atoms with Crippen molar-refractivity contribution in [3.63, 3.8) is 0 Å². The predicted octanol–water partition coefficient (Wildman–Crippen LogP) is 5.75. The molecule has 0 aliphatic carbocycles. The van der Waals surface area contributed by atoms with E-state index in [1.54, 1.807) is 18.2 Å². The van der Waals surface area contributed by atoms with E-state index in [1.165, 1.54) is 11.8 Å². The Balaban J connectivity index is 1.48. The first-order chi connectivity index (χ1) is 14.0. The molecule has 148 valence electrons. The first-order valence-corrected chi connectivity index (χ1v) is 10.6. The highest BCUT2D eigenvalue weighted by Crippen LogP contribution is 2.29. The van der Waals surface area contributed by atoms with Crippen molar-refractivity contribution in [3.8, 4) is 11.6 Å². The second kappa shape index (κ2) is 8.49. The number of aromatic nitrogens is 3. The maximum atomic E-state index is 12.3. The van der Waals surface area contributed by atoms with E-state index >= 15 is 0 Å². The first kappa shape index (κ1) is 19.8. The van der Waals surface area contributed by atoms with Gasteiger partial charge in [-0.2, -0.15) is 0 Å². The third-order valence-electron chi connectivity index (χ3n) is 4.16. The van der Waals surface area contributed by atoms with E-state index in [2.05, 4.69) is 15.5 Å². The van der Waals surface area contributed by atoms with Gasteiger partial charge in [-0.05, 0) is 37.3 Å². The standard InChI is InChI=1S/C20H16Cl2N4O2S/c1-2-26-19(17-7-12-5-3-4-6-16(12)28-17)24-25-20(26)29-11-18(27)23-15-9-13(21)8-14(22)10-15/h3-10H,2,11H2,1H3,(H,23,27). The minimum Gasteiger partial charge on any atom is -0.453 e. The second-order valence-electron chi connectivity index (χ2n) is 6.19. The molecule has 29 heavy (non-hydrogen) atoms. The van der Waals surface area contributed by atoms with Crippen molar-refractivity contribution in [1.82, 2.24) is 14.8 Å². The maximum absolute atomic E-state index is 12.3. The molecule has 0 radical (unpaired) electrons. The van der Waals surface area contributed by atoms with E-state index in [0.717, 1.165) is 11.0 Å². The lowest BCUT2D eigenvalue weighted by Gasteiger charge is -2.07. The fourth-order valence-electron chi connectivity index (χ4n) is 2.91. The molecule has 1 amide bonds. The van der Waals surface area contributed by atoms with Crippen LogP contribution >= 0.6 is 35.0 Å². The van der Waals surface area contributed by atoms with Crippen LogP contribution in [-0.4, -0.2) is 26.4 Å². The van der Waals surface area contributed by atoms with Crippen LogP contribution in [0, 0.1) is 0 Å². The zero-order valence-electron chi connectivity index (χ0n) is 15.4. The molecule has 0 unspecified atom stereocenters. The summed E-state index contributed by atoms with van der Waals surface area (Å²) in [5.74, 6) is 1.26. The smallest absolute Gasteiger partial charge is 0.234 e. The van der Waals surface area contributed by atoms with E-state index in [4.69, 9.17) is 27.6 Å². The van der Waals surface area contributed by atoms with Crippen LogP contribution in [0.3, 0.4) is 0 Å². The molecule has 0 saturated carbocycles. The number of para-hydroxylation sites is 1. The summed E-state index contributed by atoms with van der Waals surface area (Å²) in [5, 5.41) is 13.8. The highest BCUT2D eigenvalue weighted by Gasteiger charge is 2.18. The first-order valence-electron chi connectivity index (χ1n) is 8.84. The summed E-state index contributed by atoms with van der Waals surface area (Å²) < 4.78 is 7.82. The summed E-state index contributed by atoms with van der Waals surface area (Å²) >= 11 is 13.2. The molecule has 0 aliphatic heterocycles. The van der Waals surface area contributed by atoms with Crippen molar-refractivity contribution in [2.45, 2.75) is 18.6 Å². The van der Waals surface area contributed by atoms with Crippen LogP contribution in [-0.2, 0) is 11.3 Å². The van der Waals surface area contributed by atoms with E-state index in [0.29, 0.717) is 39.0 Å². The number of hydrogen-bond donors (Lipinski definition) is 1. The number of furan rings is 1. The molecular formula is C20H16Cl2N4O2S. The molecule has 1 N–H and O–H groups in total. The van der Waals surface area contributed by atoms with E-state index < -0.39 is 0 Å². The van der Waals surface area contributed by atoms with Gasteiger partial charge in [-0.15, -0.1) is 10.2 Å². The van der Waals surface area contributed by atoms with Gasteiger partial charge in [0.05, 0.1) is 5.75 Å². The van der Waals surface area contributed by atoms with Crippen LogP contribution in [0.4, 0.5) is 5.69 Å². The van der Waals surface area contributed by atoms with Crippen LogP contribution in [0.25, 0.3) is 22.6 Å². The van der Waals surface area contributed by atoms with Gasteiger partial charge < -0.3 is 9.73 Å². The number of nitrogens with one attached hydrogen (secondary N) is 1. The highest BCUT2D eigenvalue weighted by molar-refractivity contribution is 7.99. The lowest BCUT2D eigenvalue weighted by molar-refractivity contribution is -0.113. The average molecular weight is 447 g/mol. The number of hydrogen-bond acceptors (Lipinski definition) is 5. The predicted molar refractivity (Wildman–Crippen MR) is 117 cm³/mol. The normalized spacial score (nSPS) is 11.1. The van der Waals surface area contributed by atoms with Crippen LogP contribution in [0.2, 0.25) is 10.0 Å². The maximum Gasteiger partial charge on any atom is 0.234 e. The lowest BCUT2D eigenvalue weighted by Crippen LogP contribution is -2.14. The Morgan fingerprint density at radius 3 is 2.62 bits per heavy atom. The number of amides is 1. The van der Waals surface area contributed by atoms with E-state index in [1.807, 2.05) is 41.8 Å². The second-order valence-corrected chi connectivity index (χ2v) is 8.01. The van der Waals surface area contributed by atoms with Crippen molar-refractivity contribution in [3.05, 3.63) is 58.6 Å². The van der Waals surface area contributed by atoms with Crippen molar-refractivity contribution >= 4 is 57.5 Å². The number of anilines is 1. The zero-order valence-corrected chi connectivity index (χ0v) is 17.7. The van der Waals surface area contributed by atoms with Crippen LogP contribution in [0.1, 0.15) is 6.92 Å². The minimum atomic E-state index is -0.190. The molecule has 0 bridgehead atoms. The van der Waals surface area contributed by atoms with Gasteiger partial charge in [-0.25, -0.2) is 0 Å². The third kappa shape index (κ3) is 4.42. The molecule has 4 rings (SSSR count). The van der Waals surface area contributed by atoms with Crippen molar-refractivity contribution in [1.29, 1.82) is 0 Å². The van der Waals surface area contributed by atoms with Crippen molar-refractivity contribution < 1.29 is 9.21 Å². The topological polar surface area (TPSA) is 73.0 Å². The number of carbonyl (C=O) groups excluding carboxylic acids is 1. The van der Waals surface area contributed by atoms with Gasteiger partial charge >= 0.3 is 0 Å². The molecular weight excluding hydrogens is 431 g/mol. The van der Waals surface area contributed by atoms with Crippen LogP contribution in [0.15, 0.2) is 58.1 Å². The van der Waals surface area contributed by atoms with E-state index in [-0.39, 0.29) is 11.7 Å². The molecule has 6 nitrogen and oxygen atoms in total. The molecule has 0 aliphatic rings. The van der Waals surface area contributed by atoms with Gasteiger partial charge in [0.1, 0.15) is 5.58 Å². The summed E-state index contributed by atoms with van der Waals surface area (Å²) in [5.41, 5.74) is 1.34. The number of halogens is 2. The van der Waals surface area contributed by atoms with Gasteiger partial charge in [0, 0.05) is 27.7 Å². The Labute approximate surface area is 181 Å². The SMILES string of the molecule is CCn1c(SCC(=O)Nc2cc(Cl)cc(Cl)c2)nnc1-c1cc2ccccc2o1. The average Bonchev–Trinajstić information content (AvgIpc) is 3.28. The third-order valence-corrected chi connectivity index (χ3v) is 5.56. The Kier molecular flexibility index (Phi) is 5.80. The number of carbonyl (C=O) groups is 1. The molecule has 2 aromatic carbocycles. The summed E-state index contributed by atoms with van der Waals surface area (Å²) in [4.78, 5) is 12.3. The Bertz CT molecular complexity index is 1140. The molecule has 2 aromatic heterocycles. The lowest BCUT2D eigenvalue weighted by atomic mass is 10.2. The van der Waals surface area contributed by atoms with Gasteiger partial charge in [0.2, 0.25) is 11.7 Å². The Morgan fingerprint density at radius 1 is 1.14 bits per heavy atom. The summed E-state index contributed by atoms with van der Waals surface area (Å²) in [6.45, 7) is 2.64. The minimum absolute atomic E-state index is 0.169. The van der Waals surface area contributed by atoms with Crippen molar-refractivity contribution in [2.75, 3.05) is 11.1 Å². The summed E-state index contributed by atoms with van der Waals surface area (Å²) in [6, 6.07) is 14.6. The number of benzene rings is 2. The number of thioether (sulfide) groups is 1.